The largest absolute Gasteiger partial charge is 0.330 e. The second-order valence-electron chi connectivity index (χ2n) is 3.55. The van der Waals surface area contributed by atoms with Crippen molar-refractivity contribution < 1.29 is 0 Å². The lowest BCUT2D eigenvalue weighted by Crippen LogP contribution is -2.19. The Balaban J connectivity index is 2.99. The fourth-order valence-electron chi connectivity index (χ4n) is 1.56. The molecule has 0 aliphatic heterocycles. The highest BCUT2D eigenvalue weighted by Gasteiger charge is 2.23. The summed E-state index contributed by atoms with van der Waals surface area (Å²) in [6.45, 7) is 4.71. The van der Waals surface area contributed by atoms with Gasteiger partial charge in [-0.2, -0.15) is 0 Å². The van der Waals surface area contributed by atoms with E-state index < -0.39 is 0 Å². The molecule has 1 aromatic carbocycles. The Labute approximate surface area is 84.9 Å². The lowest BCUT2D eigenvalue weighted by Gasteiger charge is -2.23. The molecule has 0 saturated carbocycles. The summed E-state index contributed by atoms with van der Waals surface area (Å²) in [6, 6.07) is 8.18. The number of nitrogens with two attached hydrogens (primary N) is 1. The average Bonchev–Trinajstić information content (AvgIpc) is 2.04. The highest BCUT2D eigenvalue weighted by molar-refractivity contribution is 6.23. The van der Waals surface area contributed by atoms with Gasteiger partial charge in [-0.25, -0.2) is 0 Å². The molecule has 1 rings (SSSR count). The van der Waals surface area contributed by atoms with E-state index in [1.807, 2.05) is 19.1 Å². The zero-order valence-corrected chi connectivity index (χ0v) is 8.93. The van der Waals surface area contributed by atoms with Gasteiger partial charge >= 0.3 is 0 Å². The van der Waals surface area contributed by atoms with Crippen molar-refractivity contribution >= 4 is 11.6 Å². The quantitative estimate of drug-likeness (QED) is 0.741. The van der Waals surface area contributed by atoms with Crippen LogP contribution in [0.4, 0.5) is 0 Å². The van der Waals surface area contributed by atoms with Crippen LogP contribution in [0.3, 0.4) is 0 Å². The Hall–Kier alpha value is -0.530. The van der Waals surface area contributed by atoms with Gasteiger partial charge in [-0.15, -0.1) is 11.6 Å². The van der Waals surface area contributed by atoms with Crippen LogP contribution >= 0.6 is 11.6 Å². The van der Waals surface area contributed by atoms with Crippen molar-refractivity contribution in [3.63, 3.8) is 0 Å². The number of hydrogen-bond donors (Lipinski definition) is 1. The third-order valence-corrected chi connectivity index (χ3v) is 2.71. The standard InChI is InChI=1S/C11H16ClN/c1-9-5-3-4-6-10(9)11(2,12)7-8-13/h3-6H,7-8,13H2,1-2H3. The van der Waals surface area contributed by atoms with Gasteiger partial charge in [0, 0.05) is 0 Å². The molecule has 0 radical (unpaired) electrons. The smallest absolute Gasteiger partial charge is 0.0681 e. The van der Waals surface area contributed by atoms with Gasteiger partial charge < -0.3 is 5.73 Å². The van der Waals surface area contributed by atoms with Gasteiger partial charge in [0.2, 0.25) is 0 Å². The molecule has 1 unspecified atom stereocenters. The van der Waals surface area contributed by atoms with Gasteiger partial charge in [0.25, 0.3) is 0 Å². The predicted molar refractivity (Wildman–Crippen MR) is 58.1 cm³/mol. The molecule has 0 aromatic heterocycles. The molecule has 0 bridgehead atoms. The Morgan fingerprint density at radius 1 is 1.38 bits per heavy atom. The molecular formula is C11H16ClN. The number of halogens is 1. The summed E-state index contributed by atoms with van der Waals surface area (Å²) in [7, 11) is 0. The molecule has 0 fully saturated rings. The molecule has 72 valence electrons. The molecule has 0 saturated heterocycles. The number of benzene rings is 1. The third-order valence-electron chi connectivity index (χ3n) is 2.32. The van der Waals surface area contributed by atoms with Gasteiger partial charge in [0.1, 0.15) is 0 Å². The van der Waals surface area contributed by atoms with Crippen molar-refractivity contribution in [3.8, 4) is 0 Å². The zero-order chi connectivity index (χ0) is 9.90. The minimum atomic E-state index is -0.319. The summed E-state index contributed by atoms with van der Waals surface area (Å²) >= 11 is 6.39. The van der Waals surface area contributed by atoms with Crippen molar-refractivity contribution in [1.82, 2.24) is 0 Å². The second kappa shape index (κ2) is 4.12. The van der Waals surface area contributed by atoms with E-state index in [0.29, 0.717) is 6.54 Å². The average molecular weight is 198 g/mol. The van der Waals surface area contributed by atoms with Gasteiger partial charge in [-0.05, 0) is 37.9 Å². The Morgan fingerprint density at radius 2 is 2.00 bits per heavy atom. The van der Waals surface area contributed by atoms with Crippen molar-refractivity contribution in [2.75, 3.05) is 6.54 Å². The molecule has 0 heterocycles. The molecule has 2 heteroatoms. The van der Waals surface area contributed by atoms with E-state index >= 15 is 0 Å². The summed E-state index contributed by atoms with van der Waals surface area (Å²) in [5, 5.41) is 0. The lowest BCUT2D eigenvalue weighted by molar-refractivity contribution is 0.614. The molecule has 13 heavy (non-hydrogen) atoms. The van der Waals surface area contributed by atoms with E-state index in [1.165, 1.54) is 11.1 Å². The molecule has 1 atom stereocenters. The van der Waals surface area contributed by atoms with E-state index in [-0.39, 0.29) is 4.87 Å². The molecule has 2 N–H and O–H groups in total. The maximum Gasteiger partial charge on any atom is 0.0681 e. The van der Waals surface area contributed by atoms with Crippen LogP contribution in [-0.4, -0.2) is 6.54 Å². The first-order chi connectivity index (χ1) is 6.08. The molecule has 1 nitrogen and oxygen atoms in total. The zero-order valence-electron chi connectivity index (χ0n) is 8.18. The fraction of sp³-hybridized carbons (Fsp3) is 0.455. The van der Waals surface area contributed by atoms with E-state index in [9.17, 15) is 0 Å². The minimum absolute atomic E-state index is 0.319. The molecule has 0 aliphatic carbocycles. The summed E-state index contributed by atoms with van der Waals surface area (Å²) in [5.74, 6) is 0. The van der Waals surface area contributed by atoms with E-state index in [1.54, 1.807) is 0 Å². The minimum Gasteiger partial charge on any atom is -0.330 e. The van der Waals surface area contributed by atoms with Gasteiger partial charge in [0.15, 0.2) is 0 Å². The summed E-state index contributed by atoms with van der Waals surface area (Å²) in [6.07, 6.45) is 0.805. The SMILES string of the molecule is Cc1ccccc1C(C)(Cl)CCN. The Bertz CT molecular complexity index is 281. The third kappa shape index (κ3) is 2.45. The van der Waals surface area contributed by atoms with Crippen LogP contribution in [0.1, 0.15) is 24.5 Å². The lowest BCUT2D eigenvalue weighted by atomic mass is 9.93. The molecule has 0 amide bonds. The summed E-state index contributed by atoms with van der Waals surface area (Å²) in [5.41, 5.74) is 7.93. The van der Waals surface area contributed by atoms with Crippen molar-refractivity contribution in [3.05, 3.63) is 35.4 Å². The van der Waals surface area contributed by atoms with Crippen LogP contribution in [0, 0.1) is 6.92 Å². The second-order valence-corrected chi connectivity index (χ2v) is 4.39. The first-order valence-electron chi connectivity index (χ1n) is 4.53. The topological polar surface area (TPSA) is 26.0 Å². The Kier molecular flexibility index (Phi) is 3.34. The molecular weight excluding hydrogens is 182 g/mol. The van der Waals surface area contributed by atoms with E-state index in [2.05, 4.69) is 19.1 Å². The van der Waals surface area contributed by atoms with E-state index in [0.717, 1.165) is 6.42 Å². The van der Waals surface area contributed by atoms with Crippen LogP contribution in [0.15, 0.2) is 24.3 Å². The van der Waals surface area contributed by atoms with Crippen LogP contribution in [0.5, 0.6) is 0 Å². The predicted octanol–water partition coefficient (Wildman–Crippen LogP) is 2.80. The number of alkyl halides is 1. The van der Waals surface area contributed by atoms with Crippen LogP contribution in [0.2, 0.25) is 0 Å². The normalized spacial score (nSPS) is 15.4. The van der Waals surface area contributed by atoms with Crippen LogP contribution in [0.25, 0.3) is 0 Å². The van der Waals surface area contributed by atoms with Crippen LogP contribution < -0.4 is 5.73 Å². The fourth-order valence-corrected chi connectivity index (χ4v) is 1.88. The highest BCUT2D eigenvalue weighted by atomic mass is 35.5. The van der Waals surface area contributed by atoms with Gasteiger partial charge in [-0.3, -0.25) is 0 Å². The maximum absolute atomic E-state index is 6.39. The van der Waals surface area contributed by atoms with Crippen molar-refractivity contribution in [2.45, 2.75) is 25.1 Å². The number of rotatable bonds is 3. The molecule has 0 aliphatic rings. The first-order valence-corrected chi connectivity index (χ1v) is 4.91. The number of hydrogen-bond acceptors (Lipinski definition) is 1. The van der Waals surface area contributed by atoms with Gasteiger partial charge in [0.05, 0.1) is 4.87 Å². The number of aryl methyl sites for hydroxylation is 1. The van der Waals surface area contributed by atoms with Crippen LogP contribution in [-0.2, 0) is 4.87 Å². The van der Waals surface area contributed by atoms with E-state index in [4.69, 9.17) is 17.3 Å². The Morgan fingerprint density at radius 3 is 2.54 bits per heavy atom. The first kappa shape index (κ1) is 10.6. The summed E-state index contributed by atoms with van der Waals surface area (Å²) < 4.78 is 0. The van der Waals surface area contributed by atoms with Gasteiger partial charge in [-0.1, -0.05) is 24.3 Å². The maximum atomic E-state index is 6.39. The molecule has 1 aromatic rings. The molecule has 0 spiro atoms. The van der Waals surface area contributed by atoms with Crippen molar-refractivity contribution in [2.24, 2.45) is 5.73 Å². The monoisotopic (exact) mass is 197 g/mol. The highest BCUT2D eigenvalue weighted by Crippen LogP contribution is 2.33. The van der Waals surface area contributed by atoms with Crippen molar-refractivity contribution in [1.29, 1.82) is 0 Å². The summed E-state index contributed by atoms with van der Waals surface area (Å²) in [4.78, 5) is -0.319.